The van der Waals surface area contributed by atoms with Crippen LogP contribution in [0.2, 0.25) is 0 Å². The monoisotopic (exact) mass is 233 g/mol. The number of hydrogen-bond acceptors (Lipinski definition) is 1. The fraction of sp³-hybridized carbons (Fsp3) is 0.875. The molecule has 0 unspecified atom stereocenters. The fourth-order valence-corrected chi connectivity index (χ4v) is 3.21. The fourth-order valence-electron chi connectivity index (χ4n) is 3.21. The summed E-state index contributed by atoms with van der Waals surface area (Å²) in [5.74, 6) is 9.44. The highest BCUT2D eigenvalue weighted by molar-refractivity contribution is 5.09. The summed E-state index contributed by atoms with van der Waals surface area (Å²) in [6.07, 6.45) is 11.7. The van der Waals surface area contributed by atoms with Gasteiger partial charge in [-0.15, -0.1) is 0 Å². The van der Waals surface area contributed by atoms with Crippen LogP contribution in [0.1, 0.15) is 64.7 Å². The summed E-state index contributed by atoms with van der Waals surface area (Å²) in [7, 11) is 0. The first-order chi connectivity index (χ1) is 8.28. The Hall–Kier alpha value is -0.480. The molecule has 0 aromatic heterocycles. The van der Waals surface area contributed by atoms with E-state index in [1.165, 1.54) is 57.8 Å². The third-order valence-electron chi connectivity index (χ3n) is 4.69. The zero-order valence-corrected chi connectivity index (χ0v) is 11.3. The molecule has 0 spiro atoms. The Labute approximate surface area is 107 Å². The van der Waals surface area contributed by atoms with Crippen LogP contribution >= 0.6 is 0 Å². The summed E-state index contributed by atoms with van der Waals surface area (Å²) >= 11 is 0. The lowest BCUT2D eigenvalue weighted by Crippen LogP contribution is -2.26. The van der Waals surface area contributed by atoms with Crippen molar-refractivity contribution in [3.8, 4) is 11.8 Å². The van der Waals surface area contributed by atoms with E-state index in [1.807, 2.05) is 0 Å². The second-order valence-corrected chi connectivity index (χ2v) is 6.03. The molecule has 1 heteroatoms. The molecule has 17 heavy (non-hydrogen) atoms. The molecular formula is C16H27N. The third-order valence-corrected chi connectivity index (χ3v) is 4.69. The van der Waals surface area contributed by atoms with Crippen molar-refractivity contribution in [1.82, 2.24) is 0 Å². The predicted molar refractivity (Wildman–Crippen MR) is 73.4 cm³/mol. The summed E-state index contributed by atoms with van der Waals surface area (Å²) in [6.45, 7) is 2.32. The van der Waals surface area contributed by atoms with Gasteiger partial charge in [0, 0.05) is 17.9 Å². The Morgan fingerprint density at radius 1 is 0.824 bits per heavy atom. The first-order valence-corrected chi connectivity index (χ1v) is 7.54. The Morgan fingerprint density at radius 3 is 1.76 bits per heavy atom. The lowest BCUT2D eigenvalue weighted by molar-refractivity contribution is 0.309. The molecule has 2 fully saturated rings. The van der Waals surface area contributed by atoms with E-state index in [4.69, 9.17) is 5.73 Å². The largest absolute Gasteiger partial charge is 0.328 e. The molecule has 2 aliphatic carbocycles. The molecule has 0 aromatic carbocycles. The van der Waals surface area contributed by atoms with Gasteiger partial charge in [-0.25, -0.2) is 0 Å². The zero-order chi connectivity index (χ0) is 12.1. The van der Waals surface area contributed by atoms with Gasteiger partial charge in [-0.3, -0.25) is 0 Å². The van der Waals surface area contributed by atoms with Crippen LogP contribution in [-0.2, 0) is 0 Å². The topological polar surface area (TPSA) is 26.0 Å². The van der Waals surface area contributed by atoms with Crippen LogP contribution in [0, 0.1) is 29.6 Å². The second kappa shape index (κ2) is 6.45. The van der Waals surface area contributed by atoms with Crippen LogP contribution in [0.4, 0.5) is 0 Å². The summed E-state index contributed by atoms with van der Waals surface area (Å²) < 4.78 is 0. The number of rotatable bonds is 1. The highest BCUT2D eigenvalue weighted by Gasteiger charge is 2.19. The van der Waals surface area contributed by atoms with E-state index in [2.05, 4.69) is 18.8 Å². The maximum Gasteiger partial charge on any atom is 0.0204 e. The van der Waals surface area contributed by atoms with Crippen molar-refractivity contribution in [3.63, 3.8) is 0 Å². The van der Waals surface area contributed by atoms with Crippen LogP contribution < -0.4 is 5.73 Å². The minimum atomic E-state index is 0.452. The molecule has 2 rings (SSSR count). The molecule has 0 saturated heterocycles. The van der Waals surface area contributed by atoms with Gasteiger partial charge in [0.1, 0.15) is 0 Å². The van der Waals surface area contributed by atoms with E-state index < -0.39 is 0 Å². The van der Waals surface area contributed by atoms with E-state index in [9.17, 15) is 0 Å². The van der Waals surface area contributed by atoms with Crippen LogP contribution in [0.15, 0.2) is 0 Å². The molecule has 0 bridgehead atoms. The number of hydrogen-bond donors (Lipinski definition) is 1. The molecule has 0 heterocycles. The Kier molecular flexibility index (Phi) is 4.92. The molecule has 96 valence electrons. The van der Waals surface area contributed by atoms with Gasteiger partial charge in [0.2, 0.25) is 0 Å². The van der Waals surface area contributed by atoms with Gasteiger partial charge in [-0.05, 0) is 57.3 Å². The predicted octanol–water partition coefficient (Wildman–Crippen LogP) is 3.72. The minimum absolute atomic E-state index is 0.452. The third kappa shape index (κ3) is 4.03. The van der Waals surface area contributed by atoms with Gasteiger partial charge in [0.15, 0.2) is 0 Å². The van der Waals surface area contributed by atoms with E-state index in [0.29, 0.717) is 17.9 Å². The highest BCUT2D eigenvalue weighted by atomic mass is 14.6. The normalized spacial score (nSPS) is 38.2. The summed E-state index contributed by atoms with van der Waals surface area (Å²) in [4.78, 5) is 0. The summed E-state index contributed by atoms with van der Waals surface area (Å²) in [6, 6.07) is 0.452. The van der Waals surface area contributed by atoms with Crippen molar-refractivity contribution in [2.75, 3.05) is 0 Å². The average molecular weight is 233 g/mol. The smallest absolute Gasteiger partial charge is 0.0204 e. The van der Waals surface area contributed by atoms with E-state index >= 15 is 0 Å². The zero-order valence-electron chi connectivity index (χ0n) is 11.3. The van der Waals surface area contributed by atoms with E-state index in [-0.39, 0.29) is 0 Å². The molecule has 0 aliphatic heterocycles. The minimum Gasteiger partial charge on any atom is -0.328 e. The van der Waals surface area contributed by atoms with E-state index in [0.717, 1.165) is 5.92 Å². The van der Waals surface area contributed by atoms with Gasteiger partial charge in [0.05, 0.1) is 0 Å². The molecule has 0 amide bonds. The molecule has 2 N–H and O–H groups in total. The van der Waals surface area contributed by atoms with Crippen LogP contribution in [0.3, 0.4) is 0 Å². The van der Waals surface area contributed by atoms with E-state index in [1.54, 1.807) is 0 Å². The molecule has 0 radical (unpaired) electrons. The quantitative estimate of drug-likeness (QED) is 0.686. The Morgan fingerprint density at radius 2 is 1.29 bits per heavy atom. The molecular weight excluding hydrogens is 206 g/mol. The van der Waals surface area contributed by atoms with Crippen molar-refractivity contribution in [3.05, 3.63) is 0 Å². The van der Waals surface area contributed by atoms with Crippen LogP contribution in [-0.4, -0.2) is 6.04 Å². The maximum atomic E-state index is 5.92. The highest BCUT2D eigenvalue weighted by Crippen LogP contribution is 2.30. The molecule has 2 aliphatic rings. The van der Waals surface area contributed by atoms with Gasteiger partial charge in [0.25, 0.3) is 0 Å². The van der Waals surface area contributed by atoms with Crippen molar-refractivity contribution in [2.45, 2.75) is 70.8 Å². The second-order valence-electron chi connectivity index (χ2n) is 6.03. The average Bonchev–Trinajstić information content (AvgIpc) is 2.39. The van der Waals surface area contributed by atoms with Crippen molar-refractivity contribution < 1.29 is 0 Å². The van der Waals surface area contributed by atoms with Crippen LogP contribution in [0.5, 0.6) is 0 Å². The first kappa shape index (κ1) is 13.0. The van der Waals surface area contributed by atoms with Crippen molar-refractivity contribution in [1.29, 1.82) is 0 Å². The SMILES string of the molecule is CCC1CCC(C#CC2CCC(N)CC2)CC1. The molecule has 0 atom stereocenters. The standard InChI is InChI=1S/C16H27N/c1-2-13-3-5-14(6-4-13)7-8-15-9-11-16(17)12-10-15/h13-16H,2-6,9-12,17H2,1H3. The Bertz CT molecular complexity index is 270. The van der Waals surface area contributed by atoms with Gasteiger partial charge < -0.3 is 5.73 Å². The van der Waals surface area contributed by atoms with Gasteiger partial charge in [-0.1, -0.05) is 25.2 Å². The Balaban J connectivity index is 1.74. The van der Waals surface area contributed by atoms with Gasteiger partial charge in [-0.2, -0.15) is 0 Å². The maximum absolute atomic E-state index is 5.92. The molecule has 2 saturated carbocycles. The van der Waals surface area contributed by atoms with Gasteiger partial charge >= 0.3 is 0 Å². The number of nitrogens with two attached hydrogens (primary N) is 1. The van der Waals surface area contributed by atoms with Crippen LogP contribution in [0.25, 0.3) is 0 Å². The first-order valence-electron chi connectivity index (χ1n) is 7.54. The summed E-state index contributed by atoms with van der Waals surface area (Å²) in [5, 5.41) is 0. The lowest BCUT2D eigenvalue weighted by Gasteiger charge is -2.25. The lowest BCUT2D eigenvalue weighted by atomic mass is 9.80. The van der Waals surface area contributed by atoms with Crippen molar-refractivity contribution in [2.24, 2.45) is 23.5 Å². The summed E-state index contributed by atoms with van der Waals surface area (Å²) in [5.41, 5.74) is 5.92. The molecule has 1 nitrogen and oxygen atoms in total. The molecule has 0 aromatic rings. The van der Waals surface area contributed by atoms with Crippen molar-refractivity contribution >= 4 is 0 Å².